The minimum Gasteiger partial charge on any atom is -0.507 e. The van der Waals surface area contributed by atoms with Gasteiger partial charge in [0.2, 0.25) is 0 Å². The summed E-state index contributed by atoms with van der Waals surface area (Å²) in [5, 5.41) is 41.1. The second-order valence-electron chi connectivity index (χ2n) is 7.45. The summed E-state index contributed by atoms with van der Waals surface area (Å²) < 4.78 is 0. The van der Waals surface area contributed by atoms with Crippen LogP contribution < -0.4 is 0 Å². The second kappa shape index (κ2) is 7.16. The number of ketones is 1. The van der Waals surface area contributed by atoms with E-state index >= 15 is 0 Å². The van der Waals surface area contributed by atoms with Crippen LogP contribution in [-0.4, -0.2) is 32.3 Å². The number of aliphatic hydroxyl groups is 1. The van der Waals surface area contributed by atoms with Crippen molar-refractivity contribution in [2.24, 2.45) is 11.8 Å². The number of carbonyl (C=O) groups excluding carboxylic acids is 1. The first-order valence-electron chi connectivity index (χ1n) is 9.28. The average molecular weight is 358 g/mol. The van der Waals surface area contributed by atoms with Crippen molar-refractivity contribution in [3.05, 3.63) is 29.3 Å². The number of phenolic OH excluding ortho intramolecular Hbond substituents is 3. The fourth-order valence-electron chi connectivity index (χ4n) is 4.11. The molecule has 1 aliphatic carbocycles. The van der Waals surface area contributed by atoms with Gasteiger partial charge in [0.05, 0.1) is 12.0 Å². The van der Waals surface area contributed by atoms with Crippen LogP contribution in [0, 0.1) is 11.8 Å². The van der Waals surface area contributed by atoms with Crippen LogP contribution in [0.25, 0.3) is 10.8 Å². The van der Waals surface area contributed by atoms with Crippen LogP contribution in [0.5, 0.6) is 17.2 Å². The molecule has 4 N–H and O–H groups in total. The summed E-state index contributed by atoms with van der Waals surface area (Å²) in [4.78, 5) is 13.1. The number of aromatic hydroxyl groups is 3. The Balaban J connectivity index is 2.02. The lowest BCUT2D eigenvalue weighted by molar-refractivity contribution is 0.0474. The molecule has 2 aromatic carbocycles. The highest BCUT2D eigenvalue weighted by molar-refractivity contribution is 6.06. The molecule has 1 unspecified atom stereocenters. The van der Waals surface area contributed by atoms with Crippen molar-refractivity contribution in [1.29, 1.82) is 0 Å². The summed E-state index contributed by atoms with van der Waals surface area (Å²) in [6.45, 7) is 4.06. The predicted molar refractivity (Wildman–Crippen MR) is 99.8 cm³/mol. The van der Waals surface area contributed by atoms with Crippen LogP contribution >= 0.6 is 0 Å². The maximum atomic E-state index is 13.1. The van der Waals surface area contributed by atoms with Gasteiger partial charge in [-0.1, -0.05) is 33.1 Å². The van der Waals surface area contributed by atoms with Crippen molar-refractivity contribution in [3.8, 4) is 17.2 Å². The Morgan fingerprint density at radius 2 is 1.81 bits per heavy atom. The lowest BCUT2D eigenvalue weighted by Gasteiger charge is -2.33. The minimum absolute atomic E-state index is 0.00284. The average Bonchev–Trinajstić information content (AvgIpc) is 2.59. The Hall–Kier alpha value is -2.27. The Labute approximate surface area is 152 Å². The van der Waals surface area contributed by atoms with Gasteiger partial charge in [-0.2, -0.15) is 0 Å². The van der Waals surface area contributed by atoms with Gasteiger partial charge in [0.15, 0.2) is 17.3 Å². The highest BCUT2D eigenvalue weighted by Gasteiger charge is 2.38. The molecule has 0 radical (unpaired) electrons. The van der Waals surface area contributed by atoms with Crippen molar-refractivity contribution in [2.75, 3.05) is 0 Å². The number of aliphatic hydroxyl groups excluding tert-OH is 1. The molecule has 2 aromatic rings. The Kier molecular flexibility index (Phi) is 5.10. The lowest BCUT2D eigenvalue weighted by atomic mass is 9.72. The van der Waals surface area contributed by atoms with Crippen molar-refractivity contribution in [3.63, 3.8) is 0 Å². The van der Waals surface area contributed by atoms with Crippen molar-refractivity contribution < 1.29 is 25.2 Å². The zero-order chi connectivity index (χ0) is 19.0. The topological polar surface area (TPSA) is 98.0 Å². The van der Waals surface area contributed by atoms with Crippen LogP contribution in [-0.2, 0) is 6.42 Å². The number of Topliss-reactive ketones (excluding diaryl/α,β-unsaturated/α-hetero) is 1. The molecule has 0 saturated heterocycles. The first-order chi connectivity index (χ1) is 12.3. The summed E-state index contributed by atoms with van der Waals surface area (Å²) in [5.74, 6) is -1.52. The maximum absolute atomic E-state index is 13.1. The van der Waals surface area contributed by atoms with Crippen LogP contribution in [0.3, 0.4) is 0 Å². The smallest absolute Gasteiger partial charge is 0.169 e. The van der Waals surface area contributed by atoms with E-state index in [1.165, 1.54) is 6.07 Å². The SMILES string of the molecule is CCCCCC(O)[C@@H]1C(=O)c2cc3c(O)c(O)cc(O)c3cc2C[C@H]1C. The van der Waals surface area contributed by atoms with E-state index in [2.05, 4.69) is 6.92 Å². The monoisotopic (exact) mass is 358 g/mol. The molecule has 0 aromatic heterocycles. The van der Waals surface area contributed by atoms with E-state index in [9.17, 15) is 25.2 Å². The molecule has 5 nitrogen and oxygen atoms in total. The summed E-state index contributed by atoms with van der Waals surface area (Å²) in [7, 11) is 0. The summed E-state index contributed by atoms with van der Waals surface area (Å²) in [6.07, 6.45) is 3.51. The Morgan fingerprint density at radius 1 is 1.08 bits per heavy atom. The molecule has 5 heteroatoms. The molecule has 0 amide bonds. The number of hydrogen-bond acceptors (Lipinski definition) is 5. The number of carbonyl (C=O) groups is 1. The van der Waals surface area contributed by atoms with E-state index < -0.39 is 17.8 Å². The largest absolute Gasteiger partial charge is 0.507 e. The molecule has 0 fully saturated rings. The molecular weight excluding hydrogens is 332 g/mol. The molecule has 0 saturated carbocycles. The highest BCUT2D eigenvalue weighted by atomic mass is 16.3. The number of hydrogen-bond donors (Lipinski definition) is 4. The fraction of sp³-hybridized carbons (Fsp3) is 0.476. The van der Waals surface area contributed by atoms with Gasteiger partial charge in [0.25, 0.3) is 0 Å². The first-order valence-corrected chi connectivity index (χ1v) is 9.28. The zero-order valence-corrected chi connectivity index (χ0v) is 15.2. The first kappa shape index (κ1) is 18.5. The van der Waals surface area contributed by atoms with Crippen molar-refractivity contribution in [1.82, 2.24) is 0 Å². The molecule has 3 rings (SSSR count). The van der Waals surface area contributed by atoms with Gasteiger partial charge in [-0.25, -0.2) is 0 Å². The van der Waals surface area contributed by atoms with Crippen molar-refractivity contribution >= 4 is 16.6 Å². The summed E-state index contributed by atoms with van der Waals surface area (Å²) in [6, 6.07) is 4.32. The Morgan fingerprint density at radius 3 is 2.50 bits per heavy atom. The quantitative estimate of drug-likeness (QED) is 0.369. The maximum Gasteiger partial charge on any atom is 0.169 e. The second-order valence-corrected chi connectivity index (χ2v) is 7.45. The third kappa shape index (κ3) is 3.12. The minimum atomic E-state index is -0.681. The van der Waals surface area contributed by atoms with Gasteiger partial charge < -0.3 is 20.4 Å². The number of phenols is 3. The molecule has 140 valence electrons. The number of rotatable bonds is 5. The molecule has 0 bridgehead atoms. The van der Waals surface area contributed by atoms with E-state index in [1.807, 2.05) is 6.92 Å². The third-order valence-corrected chi connectivity index (χ3v) is 5.53. The van der Waals surface area contributed by atoms with E-state index in [1.54, 1.807) is 6.07 Å². The molecular formula is C21H26O5. The van der Waals surface area contributed by atoms with Gasteiger partial charge in [-0.05, 0) is 36.5 Å². The van der Waals surface area contributed by atoms with Crippen molar-refractivity contribution in [2.45, 2.75) is 52.1 Å². The van der Waals surface area contributed by atoms with E-state index in [-0.39, 0.29) is 28.6 Å². The molecule has 26 heavy (non-hydrogen) atoms. The molecule has 0 heterocycles. The van der Waals surface area contributed by atoms with E-state index in [0.29, 0.717) is 23.8 Å². The highest BCUT2D eigenvalue weighted by Crippen LogP contribution is 2.43. The number of fused-ring (bicyclic) bond motifs is 2. The standard InChI is InChI=1S/C21H26O5/c1-3-4-5-6-16(22)19-11(2)7-12-8-14-15(9-13(12)21(19)26)20(25)18(24)10-17(14)23/h8-11,16,19,22-25H,3-7H2,1-2H3/t11-,16?,19-/m1/s1. The summed E-state index contributed by atoms with van der Waals surface area (Å²) in [5.41, 5.74) is 1.25. The number of benzene rings is 2. The van der Waals surface area contributed by atoms with E-state index in [0.717, 1.165) is 30.9 Å². The lowest BCUT2D eigenvalue weighted by Crippen LogP contribution is -2.38. The third-order valence-electron chi connectivity index (χ3n) is 5.53. The van der Waals surface area contributed by atoms with Gasteiger partial charge in [-0.15, -0.1) is 0 Å². The normalized spacial score (nSPS) is 21.0. The summed E-state index contributed by atoms with van der Waals surface area (Å²) >= 11 is 0. The predicted octanol–water partition coefficient (Wildman–Crippen LogP) is 3.89. The molecule has 1 aliphatic rings. The van der Waals surface area contributed by atoms with Gasteiger partial charge in [0.1, 0.15) is 5.75 Å². The van der Waals surface area contributed by atoms with Crippen LogP contribution in [0.4, 0.5) is 0 Å². The van der Waals surface area contributed by atoms with Crippen LogP contribution in [0.15, 0.2) is 18.2 Å². The number of unbranched alkanes of at least 4 members (excludes halogenated alkanes) is 2. The van der Waals surface area contributed by atoms with Gasteiger partial charge in [0, 0.05) is 22.4 Å². The molecule has 0 aliphatic heterocycles. The fourth-order valence-corrected chi connectivity index (χ4v) is 4.11. The zero-order valence-electron chi connectivity index (χ0n) is 15.2. The van der Waals surface area contributed by atoms with Gasteiger partial charge in [-0.3, -0.25) is 4.79 Å². The van der Waals surface area contributed by atoms with Gasteiger partial charge >= 0.3 is 0 Å². The van der Waals surface area contributed by atoms with Crippen LogP contribution in [0.1, 0.15) is 55.5 Å². The Bertz CT molecular complexity index is 842. The molecule has 0 spiro atoms. The van der Waals surface area contributed by atoms with E-state index in [4.69, 9.17) is 0 Å². The van der Waals surface area contributed by atoms with Crippen LogP contribution in [0.2, 0.25) is 0 Å². The molecule has 3 atom stereocenters.